The van der Waals surface area contributed by atoms with E-state index in [2.05, 4.69) is 0 Å². The van der Waals surface area contributed by atoms with Crippen LogP contribution in [0.15, 0.2) is 48.5 Å². The number of aryl methyl sites for hydroxylation is 3. The molecule has 0 aromatic heterocycles. The lowest BCUT2D eigenvalue weighted by molar-refractivity contribution is 0.399. The number of phenols is 3. The fourth-order valence-corrected chi connectivity index (χ4v) is 2.65. The highest BCUT2D eigenvalue weighted by Gasteiger charge is 2.13. The molecule has 0 spiro atoms. The van der Waals surface area contributed by atoms with Gasteiger partial charge in [0.1, 0.15) is 28.7 Å². The van der Waals surface area contributed by atoms with Crippen LogP contribution < -0.4 is 9.47 Å². The van der Waals surface area contributed by atoms with Crippen LogP contribution in [0.4, 0.5) is 0 Å². The van der Waals surface area contributed by atoms with E-state index in [-0.39, 0.29) is 17.2 Å². The van der Waals surface area contributed by atoms with Crippen LogP contribution in [0.25, 0.3) is 0 Å². The normalized spacial score (nSPS) is 10.6. The molecule has 5 nitrogen and oxygen atoms in total. The van der Waals surface area contributed by atoms with E-state index in [0.717, 1.165) is 11.1 Å². The van der Waals surface area contributed by atoms with E-state index in [1.165, 1.54) is 12.1 Å². The Balaban J connectivity index is 1.88. The summed E-state index contributed by atoms with van der Waals surface area (Å²) in [4.78, 5) is 0. The fourth-order valence-electron chi connectivity index (χ4n) is 2.65. The van der Waals surface area contributed by atoms with Crippen molar-refractivity contribution in [3.8, 4) is 40.2 Å². The molecule has 0 bridgehead atoms. The minimum absolute atomic E-state index is 0.0519. The first-order chi connectivity index (χ1) is 12.3. The second-order valence-corrected chi connectivity index (χ2v) is 6.19. The lowest BCUT2D eigenvalue weighted by atomic mass is 10.1. The van der Waals surface area contributed by atoms with Crippen LogP contribution in [0, 0.1) is 20.8 Å². The van der Waals surface area contributed by atoms with Crippen LogP contribution in [0.1, 0.15) is 16.7 Å². The molecule has 0 amide bonds. The SMILES string of the molecule is Cc1cc(O)ccc1Oc1cc(C)c(Oc2ccc(O)cc2C)c(O)c1. The Kier molecular flexibility index (Phi) is 4.63. The zero-order chi connectivity index (χ0) is 18.8. The molecule has 0 unspecified atom stereocenters. The van der Waals surface area contributed by atoms with Crippen molar-refractivity contribution in [2.24, 2.45) is 0 Å². The fraction of sp³-hybridized carbons (Fsp3) is 0.143. The molecule has 0 fully saturated rings. The lowest BCUT2D eigenvalue weighted by Gasteiger charge is -2.15. The van der Waals surface area contributed by atoms with Gasteiger partial charge in [-0.1, -0.05) is 0 Å². The van der Waals surface area contributed by atoms with Crippen LogP contribution in [0.3, 0.4) is 0 Å². The van der Waals surface area contributed by atoms with Crippen molar-refractivity contribution >= 4 is 0 Å². The minimum Gasteiger partial charge on any atom is -0.508 e. The first-order valence-electron chi connectivity index (χ1n) is 8.12. The summed E-state index contributed by atoms with van der Waals surface area (Å²) in [5.41, 5.74) is 2.23. The van der Waals surface area contributed by atoms with Gasteiger partial charge >= 0.3 is 0 Å². The number of rotatable bonds is 4. The van der Waals surface area contributed by atoms with Crippen molar-refractivity contribution in [3.63, 3.8) is 0 Å². The molecule has 0 atom stereocenters. The van der Waals surface area contributed by atoms with Gasteiger partial charge in [0, 0.05) is 6.07 Å². The molecule has 0 saturated carbocycles. The van der Waals surface area contributed by atoms with Crippen molar-refractivity contribution < 1.29 is 24.8 Å². The number of ether oxygens (including phenoxy) is 2. The smallest absolute Gasteiger partial charge is 0.172 e. The van der Waals surface area contributed by atoms with Gasteiger partial charge in [0.05, 0.1) is 0 Å². The summed E-state index contributed by atoms with van der Waals surface area (Å²) >= 11 is 0. The predicted octanol–water partition coefficient (Wildman–Crippen LogP) is 5.31. The molecule has 26 heavy (non-hydrogen) atoms. The number of hydrogen-bond acceptors (Lipinski definition) is 5. The van der Waals surface area contributed by atoms with E-state index < -0.39 is 0 Å². The van der Waals surface area contributed by atoms with Crippen molar-refractivity contribution in [3.05, 3.63) is 65.2 Å². The van der Waals surface area contributed by atoms with E-state index in [9.17, 15) is 15.3 Å². The second kappa shape index (κ2) is 6.88. The predicted molar refractivity (Wildman–Crippen MR) is 98.7 cm³/mol. The van der Waals surface area contributed by atoms with Crippen molar-refractivity contribution in [2.45, 2.75) is 20.8 Å². The highest BCUT2D eigenvalue weighted by atomic mass is 16.5. The average Bonchev–Trinajstić information content (AvgIpc) is 2.55. The minimum atomic E-state index is -0.0519. The molecule has 3 aromatic carbocycles. The summed E-state index contributed by atoms with van der Waals surface area (Å²) in [5, 5.41) is 29.3. The van der Waals surface area contributed by atoms with Crippen molar-refractivity contribution in [2.75, 3.05) is 0 Å². The van der Waals surface area contributed by atoms with Gasteiger partial charge in [-0.05, 0) is 79.9 Å². The van der Waals surface area contributed by atoms with Gasteiger partial charge in [-0.25, -0.2) is 0 Å². The summed E-state index contributed by atoms with van der Waals surface area (Å²) in [6.07, 6.45) is 0. The van der Waals surface area contributed by atoms with Gasteiger partial charge in [-0.2, -0.15) is 0 Å². The molecule has 0 saturated heterocycles. The molecule has 3 N–H and O–H groups in total. The van der Waals surface area contributed by atoms with Gasteiger partial charge in [0.25, 0.3) is 0 Å². The Labute approximate surface area is 151 Å². The third-order valence-corrected chi connectivity index (χ3v) is 3.99. The molecule has 3 rings (SSSR count). The van der Waals surface area contributed by atoms with Gasteiger partial charge in [0.15, 0.2) is 11.5 Å². The molecule has 134 valence electrons. The Morgan fingerprint density at radius 2 is 1.15 bits per heavy atom. The summed E-state index contributed by atoms with van der Waals surface area (Å²) in [7, 11) is 0. The highest BCUT2D eigenvalue weighted by molar-refractivity contribution is 5.54. The van der Waals surface area contributed by atoms with E-state index in [4.69, 9.17) is 9.47 Å². The van der Waals surface area contributed by atoms with Gasteiger partial charge in [-0.15, -0.1) is 0 Å². The summed E-state index contributed by atoms with van der Waals surface area (Å²) in [6.45, 7) is 5.45. The standard InChI is InChI=1S/C21H20O5/c1-12-8-15(22)4-6-19(12)25-17-10-14(3)21(18(24)11-17)26-20-7-5-16(23)9-13(20)2/h4-11,22-24H,1-3H3. The monoisotopic (exact) mass is 352 g/mol. The van der Waals surface area contributed by atoms with Gasteiger partial charge in [-0.3, -0.25) is 0 Å². The van der Waals surface area contributed by atoms with Gasteiger partial charge in [0.2, 0.25) is 0 Å². The van der Waals surface area contributed by atoms with Crippen LogP contribution >= 0.6 is 0 Å². The zero-order valence-electron chi connectivity index (χ0n) is 14.8. The summed E-state index contributed by atoms with van der Waals surface area (Å²) in [6, 6.07) is 12.8. The second-order valence-electron chi connectivity index (χ2n) is 6.19. The Bertz CT molecular complexity index is 940. The third kappa shape index (κ3) is 3.67. The van der Waals surface area contributed by atoms with E-state index >= 15 is 0 Å². The molecule has 0 aliphatic rings. The van der Waals surface area contributed by atoms with E-state index in [1.54, 1.807) is 43.3 Å². The number of aromatic hydroxyl groups is 3. The third-order valence-electron chi connectivity index (χ3n) is 3.99. The van der Waals surface area contributed by atoms with Crippen LogP contribution in [0.5, 0.6) is 40.2 Å². The Morgan fingerprint density at radius 1 is 0.615 bits per heavy atom. The summed E-state index contributed by atoms with van der Waals surface area (Å²) in [5.74, 6) is 2.20. The number of benzene rings is 3. The topological polar surface area (TPSA) is 79.2 Å². The molecule has 0 aliphatic heterocycles. The molecule has 5 heteroatoms. The lowest BCUT2D eigenvalue weighted by Crippen LogP contribution is -1.93. The number of phenolic OH excluding ortho intramolecular Hbond substituents is 3. The molecule has 3 aromatic rings. The maximum absolute atomic E-state index is 10.4. The quantitative estimate of drug-likeness (QED) is 0.593. The maximum atomic E-state index is 10.4. The zero-order valence-corrected chi connectivity index (χ0v) is 14.8. The molecule has 0 radical (unpaired) electrons. The maximum Gasteiger partial charge on any atom is 0.172 e. The molecular weight excluding hydrogens is 332 g/mol. The molecular formula is C21H20O5. The molecule has 0 heterocycles. The number of hydrogen-bond donors (Lipinski definition) is 3. The average molecular weight is 352 g/mol. The van der Waals surface area contributed by atoms with E-state index in [0.29, 0.717) is 28.6 Å². The highest BCUT2D eigenvalue weighted by Crippen LogP contribution is 2.40. The Morgan fingerprint density at radius 3 is 1.65 bits per heavy atom. The van der Waals surface area contributed by atoms with E-state index in [1.807, 2.05) is 13.8 Å². The van der Waals surface area contributed by atoms with Gasteiger partial charge < -0.3 is 24.8 Å². The first-order valence-corrected chi connectivity index (χ1v) is 8.12. The van der Waals surface area contributed by atoms with Crippen molar-refractivity contribution in [1.82, 2.24) is 0 Å². The van der Waals surface area contributed by atoms with Crippen LogP contribution in [-0.2, 0) is 0 Å². The van der Waals surface area contributed by atoms with Crippen molar-refractivity contribution in [1.29, 1.82) is 0 Å². The summed E-state index contributed by atoms with van der Waals surface area (Å²) < 4.78 is 11.6. The van der Waals surface area contributed by atoms with Crippen LogP contribution in [0.2, 0.25) is 0 Å². The van der Waals surface area contributed by atoms with Crippen LogP contribution in [-0.4, -0.2) is 15.3 Å². The molecule has 0 aliphatic carbocycles. The first kappa shape index (κ1) is 17.5. The Hall–Kier alpha value is -3.34. The largest absolute Gasteiger partial charge is 0.508 e.